The summed E-state index contributed by atoms with van der Waals surface area (Å²) < 4.78 is 39.7. The van der Waals surface area contributed by atoms with E-state index in [1.807, 2.05) is 29.2 Å². The number of hydrogen-bond acceptors (Lipinski definition) is 4. The van der Waals surface area contributed by atoms with Crippen molar-refractivity contribution in [2.45, 2.75) is 50.1 Å². The molecular weight excluding hydrogens is 389 g/mol. The summed E-state index contributed by atoms with van der Waals surface area (Å²) in [4.78, 5) is 14.1. The van der Waals surface area contributed by atoms with E-state index in [0.29, 0.717) is 18.2 Å². The molecule has 0 bridgehead atoms. The topological polar surface area (TPSA) is 56.4 Å². The average molecular weight is 412 g/mol. The Morgan fingerprint density at radius 2 is 1.89 bits per heavy atom. The number of nitrogens with one attached hydrogen (secondary N) is 3. The number of carbonyl (C=O) groups excluding carboxylic acids is 1. The SMILES string of the molecule is O=C1NC(=S)N(Cc2ccccc2[C@H]2C[C@@H](C(F)(F)F)CCN2)C2CCNC12. The van der Waals surface area contributed by atoms with Gasteiger partial charge in [-0.1, -0.05) is 24.3 Å². The number of piperidine rings is 1. The summed E-state index contributed by atoms with van der Waals surface area (Å²) in [7, 11) is 0. The second-order valence-electron chi connectivity index (χ2n) is 7.68. The van der Waals surface area contributed by atoms with E-state index >= 15 is 0 Å². The highest BCUT2D eigenvalue weighted by atomic mass is 32.1. The van der Waals surface area contributed by atoms with Crippen molar-refractivity contribution in [2.75, 3.05) is 13.1 Å². The van der Waals surface area contributed by atoms with E-state index in [0.717, 1.165) is 24.1 Å². The van der Waals surface area contributed by atoms with Crippen molar-refractivity contribution in [3.63, 3.8) is 0 Å². The molecule has 0 aromatic heterocycles. The zero-order valence-electron chi connectivity index (χ0n) is 15.3. The first-order chi connectivity index (χ1) is 13.3. The number of nitrogens with zero attached hydrogens (tertiary/aromatic N) is 1. The lowest BCUT2D eigenvalue weighted by Gasteiger charge is -2.39. The molecule has 1 amide bonds. The molecule has 4 rings (SSSR count). The Balaban J connectivity index is 1.56. The van der Waals surface area contributed by atoms with Gasteiger partial charge in [0.1, 0.15) is 6.04 Å². The molecular formula is C19H23F3N4OS. The number of benzene rings is 1. The predicted octanol–water partition coefficient (Wildman–Crippen LogP) is 2.24. The molecule has 3 fully saturated rings. The highest BCUT2D eigenvalue weighted by Gasteiger charge is 2.44. The smallest absolute Gasteiger partial charge is 0.339 e. The number of rotatable bonds is 3. The highest BCUT2D eigenvalue weighted by molar-refractivity contribution is 7.80. The summed E-state index contributed by atoms with van der Waals surface area (Å²) in [5.41, 5.74) is 1.81. The molecule has 0 spiro atoms. The van der Waals surface area contributed by atoms with Crippen LogP contribution in [0.1, 0.15) is 36.4 Å². The first-order valence-corrected chi connectivity index (χ1v) is 9.98. The molecule has 0 radical (unpaired) electrons. The Labute approximate surface area is 167 Å². The van der Waals surface area contributed by atoms with Crippen LogP contribution < -0.4 is 16.0 Å². The van der Waals surface area contributed by atoms with Gasteiger partial charge in [0.15, 0.2) is 5.11 Å². The van der Waals surface area contributed by atoms with Crippen molar-refractivity contribution >= 4 is 23.2 Å². The molecule has 3 saturated heterocycles. The number of alkyl halides is 3. The summed E-state index contributed by atoms with van der Waals surface area (Å²) in [6.07, 6.45) is -3.22. The standard InChI is InChI=1S/C19H23F3N4OS/c20-19(21,22)12-5-7-23-14(9-12)13-4-2-1-3-11(13)10-26-15-6-8-24-16(15)17(27)25-18(26)28/h1-4,12,14-16,23-24H,5-10H2,(H,25,27,28)/t12-,14+,15?,16?/m0/s1. The number of halogens is 3. The van der Waals surface area contributed by atoms with Crippen molar-refractivity contribution in [1.29, 1.82) is 0 Å². The van der Waals surface area contributed by atoms with E-state index in [2.05, 4.69) is 16.0 Å². The molecule has 5 nitrogen and oxygen atoms in total. The van der Waals surface area contributed by atoms with Crippen molar-refractivity contribution in [3.05, 3.63) is 35.4 Å². The lowest BCUT2D eigenvalue weighted by molar-refractivity contribution is -0.183. The van der Waals surface area contributed by atoms with Gasteiger partial charge >= 0.3 is 6.18 Å². The molecule has 0 saturated carbocycles. The van der Waals surface area contributed by atoms with Crippen molar-refractivity contribution in [1.82, 2.24) is 20.9 Å². The minimum absolute atomic E-state index is 0.0310. The van der Waals surface area contributed by atoms with Gasteiger partial charge < -0.3 is 20.9 Å². The molecule has 1 aromatic rings. The van der Waals surface area contributed by atoms with Gasteiger partial charge in [0.2, 0.25) is 5.91 Å². The Morgan fingerprint density at radius 1 is 1.14 bits per heavy atom. The molecule has 1 aromatic carbocycles. The minimum atomic E-state index is -4.17. The molecule has 28 heavy (non-hydrogen) atoms. The van der Waals surface area contributed by atoms with Crippen LogP contribution in [0, 0.1) is 5.92 Å². The molecule has 3 aliphatic heterocycles. The fourth-order valence-corrected chi connectivity index (χ4v) is 4.84. The molecule has 9 heteroatoms. The second kappa shape index (κ2) is 7.61. The number of carbonyl (C=O) groups is 1. The Kier molecular flexibility index (Phi) is 5.32. The summed E-state index contributed by atoms with van der Waals surface area (Å²) in [6.45, 7) is 1.55. The Bertz CT molecular complexity index is 772. The zero-order chi connectivity index (χ0) is 19.9. The second-order valence-corrected chi connectivity index (χ2v) is 8.07. The zero-order valence-corrected chi connectivity index (χ0v) is 16.1. The quantitative estimate of drug-likeness (QED) is 0.665. The van der Waals surface area contributed by atoms with Crippen LogP contribution in [0.2, 0.25) is 0 Å². The van der Waals surface area contributed by atoms with Crippen LogP contribution in [-0.2, 0) is 11.3 Å². The monoisotopic (exact) mass is 412 g/mol. The average Bonchev–Trinajstić information content (AvgIpc) is 3.15. The van der Waals surface area contributed by atoms with Crippen LogP contribution in [0.15, 0.2) is 24.3 Å². The maximum atomic E-state index is 13.2. The maximum absolute atomic E-state index is 13.2. The van der Waals surface area contributed by atoms with Gasteiger partial charge in [-0.3, -0.25) is 4.79 Å². The Morgan fingerprint density at radius 3 is 2.68 bits per heavy atom. The molecule has 3 aliphatic rings. The van der Waals surface area contributed by atoms with Crippen LogP contribution in [0.3, 0.4) is 0 Å². The largest absolute Gasteiger partial charge is 0.391 e. The third kappa shape index (κ3) is 3.75. The summed E-state index contributed by atoms with van der Waals surface area (Å²) in [5.74, 6) is -1.40. The number of amides is 1. The Hall–Kier alpha value is -1.71. The van der Waals surface area contributed by atoms with Crippen molar-refractivity contribution in [2.24, 2.45) is 5.92 Å². The van der Waals surface area contributed by atoms with Gasteiger partial charge in [0, 0.05) is 12.6 Å². The first-order valence-electron chi connectivity index (χ1n) is 9.57. The van der Waals surface area contributed by atoms with E-state index in [4.69, 9.17) is 12.2 Å². The van der Waals surface area contributed by atoms with Crippen LogP contribution in [0.5, 0.6) is 0 Å². The van der Waals surface area contributed by atoms with E-state index < -0.39 is 12.1 Å². The summed E-state index contributed by atoms with van der Waals surface area (Å²) >= 11 is 5.40. The predicted molar refractivity (Wildman–Crippen MR) is 102 cm³/mol. The molecule has 4 atom stereocenters. The summed E-state index contributed by atoms with van der Waals surface area (Å²) in [6, 6.07) is 6.89. The van der Waals surface area contributed by atoms with E-state index in [1.54, 1.807) is 0 Å². The van der Waals surface area contributed by atoms with E-state index in [9.17, 15) is 18.0 Å². The highest BCUT2D eigenvalue weighted by Crippen LogP contribution is 2.39. The van der Waals surface area contributed by atoms with Gasteiger partial charge in [-0.15, -0.1) is 0 Å². The minimum Gasteiger partial charge on any atom is -0.339 e. The van der Waals surface area contributed by atoms with E-state index in [-0.39, 0.29) is 36.9 Å². The van der Waals surface area contributed by atoms with Crippen LogP contribution in [0.25, 0.3) is 0 Å². The summed E-state index contributed by atoms with van der Waals surface area (Å²) in [5, 5.41) is 9.56. The van der Waals surface area contributed by atoms with Crippen LogP contribution in [0.4, 0.5) is 13.2 Å². The van der Waals surface area contributed by atoms with Gasteiger partial charge in [-0.2, -0.15) is 13.2 Å². The lowest BCUT2D eigenvalue weighted by atomic mass is 9.86. The van der Waals surface area contributed by atoms with Crippen molar-refractivity contribution < 1.29 is 18.0 Å². The molecule has 152 valence electrons. The third-order valence-corrected chi connectivity index (χ3v) is 6.34. The van der Waals surface area contributed by atoms with E-state index in [1.165, 1.54) is 0 Å². The molecule has 3 N–H and O–H groups in total. The van der Waals surface area contributed by atoms with Gasteiger partial charge in [-0.25, -0.2) is 0 Å². The molecule has 0 aliphatic carbocycles. The normalized spacial score (nSPS) is 30.9. The van der Waals surface area contributed by atoms with Gasteiger partial charge in [0.05, 0.1) is 12.0 Å². The maximum Gasteiger partial charge on any atom is 0.391 e. The van der Waals surface area contributed by atoms with Crippen molar-refractivity contribution in [3.8, 4) is 0 Å². The number of hydrogen-bond donors (Lipinski definition) is 3. The molecule has 2 unspecified atom stereocenters. The first kappa shape index (κ1) is 19.6. The van der Waals surface area contributed by atoms with Gasteiger partial charge in [-0.05, 0) is 55.7 Å². The third-order valence-electron chi connectivity index (χ3n) is 6.00. The number of thiocarbonyl (C=S) groups is 1. The number of fused-ring (bicyclic) bond motifs is 1. The fourth-order valence-electron chi connectivity index (χ4n) is 4.54. The van der Waals surface area contributed by atoms with Gasteiger partial charge in [0.25, 0.3) is 0 Å². The van der Waals surface area contributed by atoms with Crippen LogP contribution in [-0.4, -0.2) is 47.3 Å². The van der Waals surface area contributed by atoms with Crippen LogP contribution >= 0.6 is 12.2 Å². The lowest BCUT2D eigenvalue weighted by Crippen LogP contribution is -2.63. The fraction of sp³-hybridized carbons (Fsp3) is 0.579. The molecule has 3 heterocycles.